The average Bonchev–Trinajstić information content (AvgIpc) is 3.12. The summed E-state index contributed by atoms with van der Waals surface area (Å²) in [5, 5.41) is 10.9. The molecule has 0 radical (unpaired) electrons. The van der Waals surface area contributed by atoms with Crippen LogP contribution in [0.15, 0.2) is 47.1 Å². The van der Waals surface area contributed by atoms with E-state index < -0.39 is 5.78 Å². The van der Waals surface area contributed by atoms with Gasteiger partial charge in [-0.25, -0.2) is 0 Å². The van der Waals surface area contributed by atoms with Crippen LogP contribution in [0.5, 0.6) is 17.2 Å². The molecule has 0 aliphatic heterocycles. The summed E-state index contributed by atoms with van der Waals surface area (Å²) in [6, 6.07) is 8.84. The smallest absolute Gasteiger partial charge is 0.193 e. The number of hydrogen-bond donors (Lipinski definition) is 2. The summed E-state index contributed by atoms with van der Waals surface area (Å²) in [5.74, 6) is 0.157. The lowest BCUT2D eigenvalue weighted by Gasteiger charge is -2.11. The number of phenols is 1. The molecule has 25 heavy (non-hydrogen) atoms. The van der Waals surface area contributed by atoms with Crippen molar-refractivity contribution in [1.29, 1.82) is 0 Å². The van der Waals surface area contributed by atoms with Crippen LogP contribution in [-0.2, 0) is 0 Å². The molecular weight excluding hydrogens is 322 g/mol. The van der Waals surface area contributed by atoms with Gasteiger partial charge in [-0.3, -0.25) is 4.79 Å². The van der Waals surface area contributed by atoms with E-state index in [1.807, 2.05) is 12.1 Å². The fourth-order valence-corrected chi connectivity index (χ4v) is 2.59. The molecule has 0 amide bonds. The predicted molar refractivity (Wildman–Crippen MR) is 95.2 cm³/mol. The molecule has 0 bridgehead atoms. The minimum Gasteiger partial charge on any atom is -0.505 e. The number of nitrogens with two attached hydrogens (primary N) is 1. The first-order valence-electron chi connectivity index (χ1n) is 7.49. The molecule has 128 valence electrons. The van der Waals surface area contributed by atoms with Crippen LogP contribution in [0.1, 0.15) is 15.9 Å². The van der Waals surface area contributed by atoms with E-state index in [-0.39, 0.29) is 28.3 Å². The largest absolute Gasteiger partial charge is 0.505 e. The molecule has 3 aromatic rings. The van der Waals surface area contributed by atoms with Crippen LogP contribution in [0.4, 0.5) is 5.69 Å². The second kappa shape index (κ2) is 6.60. The van der Waals surface area contributed by atoms with Crippen molar-refractivity contribution in [2.24, 2.45) is 0 Å². The van der Waals surface area contributed by atoms with Gasteiger partial charge in [0.15, 0.2) is 17.1 Å². The SMILES string of the molecule is COc1ccc(/C=C/C(=O)c2c(O)c(N)c3occc3c2OC)cc1. The minimum atomic E-state index is -0.431. The molecule has 0 aliphatic rings. The quantitative estimate of drug-likeness (QED) is 0.319. The molecule has 6 heteroatoms. The second-order valence-electron chi connectivity index (χ2n) is 5.30. The van der Waals surface area contributed by atoms with Crippen LogP contribution in [0.2, 0.25) is 0 Å². The second-order valence-corrected chi connectivity index (χ2v) is 5.30. The first-order valence-corrected chi connectivity index (χ1v) is 7.49. The molecule has 0 atom stereocenters. The standard InChI is InChI=1S/C19H17NO5/c1-23-12-6-3-11(4-7-12)5-8-14(21)15-17(22)16(20)19-13(9-10-25-19)18(15)24-2/h3-10,22H,20H2,1-2H3/b8-5+. The highest BCUT2D eigenvalue weighted by atomic mass is 16.5. The van der Waals surface area contributed by atoms with E-state index in [0.717, 1.165) is 11.3 Å². The summed E-state index contributed by atoms with van der Waals surface area (Å²) >= 11 is 0. The van der Waals surface area contributed by atoms with Crippen molar-refractivity contribution < 1.29 is 23.8 Å². The molecule has 1 heterocycles. The van der Waals surface area contributed by atoms with Crippen LogP contribution >= 0.6 is 0 Å². The van der Waals surface area contributed by atoms with Crippen molar-refractivity contribution in [3.8, 4) is 17.2 Å². The summed E-state index contributed by atoms with van der Waals surface area (Å²) < 4.78 is 15.7. The number of fused-ring (bicyclic) bond motifs is 1. The molecule has 3 rings (SSSR count). The van der Waals surface area contributed by atoms with Crippen LogP contribution in [0, 0.1) is 0 Å². The van der Waals surface area contributed by atoms with Crippen LogP contribution in [-0.4, -0.2) is 25.1 Å². The zero-order valence-corrected chi connectivity index (χ0v) is 13.8. The Labute approximate surface area is 144 Å². The van der Waals surface area contributed by atoms with E-state index >= 15 is 0 Å². The lowest BCUT2D eigenvalue weighted by Crippen LogP contribution is -2.03. The van der Waals surface area contributed by atoms with Crippen molar-refractivity contribution in [3.05, 3.63) is 53.8 Å². The summed E-state index contributed by atoms with van der Waals surface area (Å²) in [4.78, 5) is 12.6. The average molecular weight is 339 g/mol. The molecule has 0 fully saturated rings. The van der Waals surface area contributed by atoms with Crippen molar-refractivity contribution >= 4 is 28.5 Å². The monoisotopic (exact) mass is 339 g/mol. The number of carbonyl (C=O) groups excluding carboxylic acids is 1. The Balaban J connectivity index is 2.01. The Morgan fingerprint density at radius 1 is 1.16 bits per heavy atom. The van der Waals surface area contributed by atoms with Crippen LogP contribution in [0.25, 0.3) is 17.0 Å². The molecule has 0 spiro atoms. The van der Waals surface area contributed by atoms with E-state index in [0.29, 0.717) is 5.39 Å². The lowest BCUT2D eigenvalue weighted by atomic mass is 10.0. The van der Waals surface area contributed by atoms with Crippen LogP contribution in [0.3, 0.4) is 0 Å². The van der Waals surface area contributed by atoms with Gasteiger partial charge in [0.2, 0.25) is 0 Å². The lowest BCUT2D eigenvalue weighted by molar-refractivity contribution is 0.104. The summed E-state index contributed by atoms with van der Waals surface area (Å²) in [5.41, 5.74) is 6.97. The Morgan fingerprint density at radius 2 is 1.88 bits per heavy atom. The van der Waals surface area contributed by atoms with E-state index in [2.05, 4.69) is 0 Å². The number of anilines is 1. The summed E-state index contributed by atoms with van der Waals surface area (Å²) in [6.45, 7) is 0. The van der Waals surface area contributed by atoms with Crippen molar-refractivity contribution in [3.63, 3.8) is 0 Å². The topological polar surface area (TPSA) is 94.9 Å². The molecule has 1 aromatic heterocycles. The number of nitrogen functional groups attached to an aromatic ring is 1. The third kappa shape index (κ3) is 2.89. The van der Waals surface area contributed by atoms with E-state index in [4.69, 9.17) is 19.6 Å². The third-order valence-electron chi connectivity index (χ3n) is 3.87. The van der Waals surface area contributed by atoms with Crippen molar-refractivity contribution in [2.75, 3.05) is 20.0 Å². The molecule has 0 unspecified atom stereocenters. The van der Waals surface area contributed by atoms with Crippen LogP contribution < -0.4 is 15.2 Å². The maximum Gasteiger partial charge on any atom is 0.193 e. The van der Waals surface area contributed by atoms with E-state index in [9.17, 15) is 9.90 Å². The maximum absolute atomic E-state index is 12.6. The highest BCUT2D eigenvalue weighted by Crippen LogP contribution is 2.42. The van der Waals surface area contributed by atoms with Gasteiger partial charge in [0, 0.05) is 0 Å². The number of allylic oxidation sites excluding steroid dienone is 1. The number of phenolic OH excluding ortho intramolecular Hbond substituents is 1. The number of ketones is 1. The fraction of sp³-hybridized carbons (Fsp3) is 0.105. The molecule has 0 aliphatic carbocycles. The molecule has 3 N–H and O–H groups in total. The molecule has 6 nitrogen and oxygen atoms in total. The van der Waals surface area contributed by atoms with E-state index in [1.54, 1.807) is 31.4 Å². The van der Waals surface area contributed by atoms with Gasteiger partial charge < -0.3 is 24.7 Å². The van der Waals surface area contributed by atoms with Crippen molar-refractivity contribution in [1.82, 2.24) is 0 Å². The number of aromatic hydroxyl groups is 1. The van der Waals surface area contributed by atoms with Gasteiger partial charge in [-0.1, -0.05) is 18.2 Å². The summed E-state index contributed by atoms with van der Waals surface area (Å²) in [7, 11) is 3.00. The Bertz CT molecular complexity index is 954. The van der Waals surface area contributed by atoms with Gasteiger partial charge in [0.25, 0.3) is 0 Å². The zero-order chi connectivity index (χ0) is 18.0. The Morgan fingerprint density at radius 3 is 2.52 bits per heavy atom. The Kier molecular flexibility index (Phi) is 4.35. The maximum atomic E-state index is 12.6. The minimum absolute atomic E-state index is 0.00124. The van der Waals surface area contributed by atoms with Gasteiger partial charge in [0.1, 0.15) is 22.7 Å². The van der Waals surface area contributed by atoms with Gasteiger partial charge >= 0.3 is 0 Å². The number of furan rings is 1. The number of rotatable bonds is 5. The summed E-state index contributed by atoms with van der Waals surface area (Å²) in [6.07, 6.45) is 4.41. The normalized spacial score (nSPS) is 11.1. The number of benzene rings is 2. The number of ether oxygens (including phenoxy) is 2. The first-order chi connectivity index (χ1) is 12.1. The van der Waals surface area contributed by atoms with Gasteiger partial charge in [0.05, 0.1) is 25.9 Å². The molecule has 0 saturated carbocycles. The fourth-order valence-electron chi connectivity index (χ4n) is 2.59. The number of carbonyl (C=O) groups is 1. The third-order valence-corrected chi connectivity index (χ3v) is 3.87. The number of hydrogen-bond acceptors (Lipinski definition) is 6. The highest BCUT2D eigenvalue weighted by Gasteiger charge is 2.24. The molecule has 0 saturated heterocycles. The van der Waals surface area contributed by atoms with Crippen molar-refractivity contribution in [2.45, 2.75) is 0 Å². The van der Waals surface area contributed by atoms with Gasteiger partial charge in [-0.15, -0.1) is 0 Å². The van der Waals surface area contributed by atoms with Gasteiger partial charge in [-0.05, 0) is 29.8 Å². The number of methoxy groups -OCH3 is 2. The first kappa shape index (κ1) is 16.4. The van der Waals surface area contributed by atoms with E-state index in [1.165, 1.54) is 19.4 Å². The highest BCUT2D eigenvalue weighted by molar-refractivity contribution is 6.16. The van der Waals surface area contributed by atoms with Gasteiger partial charge in [-0.2, -0.15) is 0 Å². The zero-order valence-electron chi connectivity index (χ0n) is 13.8. The Hall–Kier alpha value is -3.41. The predicted octanol–water partition coefficient (Wildman–Crippen LogP) is 3.63. The molecule has 2 aromatic carbocycles. The molecular formula is C19H17NO5.